The highest BCUT2D eigenvalue weighted by atomic mass is 32.1. The number of para-hydroxylation sites is 1. The average molecular weight is 394 g/mol. The van der Waals surface area contributed by atoms with E-state index in [1.165, 1.54) is 25.4 Å². The molecule has 0 aliphatic carbocycles. The molecule has 0 saturated heterocycles. The van der Waals surface area contributed by atoms with Gasteiger partial charge in [-0.1, -0.05) is 23.5 Å². The highest BCUT2D eigenvalue weighted by molar-refractivity contribution is 7.15. The van der Waals surface area contributed by atoms with E-state index >= 15 is 0 Å². The first kappa shape index (κ1) is 18.2. The van der Waals surface area contributed by atoms with E-state index < -0.39 is 5.97 Å². The van der Waals surface area contributed by atoms with Gasteiger partial charge in [0.2, 0.25) is 0 Å². The van der Waals surface area contributed by atoms with Crippen molar-refractivity contribution in [1.82, 2.24) is 9.38 Å². The van der Waals surface area contributed by atoms with Gasteiger partial charge in [0.25, 0.3) is 5.56 Å². The zero-order valence-corrected chi connectivity index (χ0v) is 16.7. The van der Waals surface area contributed by atoms with Crippen molar-refractivity contribution in [2.24, 2.45) is 0 Å². The summed E-state index contributed by atoms with van der Waals surface area (Å²) in [5, 5.41) is 0. The number of fused-ring (bicyclic) bond motifs is 3. The predicted octanol–water partition coefficient (Wildman–Crippen LogP) is 3.01. The van der Waals surface area contributed by atoms with Crippen molar-refractivity contribution in [2.75, 3.05) is 7.11 Å². The molecule has 0 fully saturated rings. The molecule has 4 rings (SSSR count). The van der Waals surface area contributed by atoms with Crippen LogP contribution >= 0.6 is 11.3 Å². The fraction of sp³-hybridized carbons (Fsp3) is 0.190. The lowest BCUT2D eigenvalue weighted by molar-refractivity contribution is -0.132. The molecule has 0 amide bonds. The molecule has 0 aliphatic rings. The number of rotatable bonds is 3. The van der Waals surface area contributed by atoms with Gasteiger partial charge < -0.3 is 9.47 Å². The molecule has 0 radical (unpaired) electrons. The Hall–Kier alpha value is -3.19. The second-order valence-electron chi connectivity index (χ2n) is 6.54. The van der Waals surface area contributed by atoms with Crippen molar-refractivity contribution >= 4 is 39.4 Å². The average Bonchev–Trinajstić information content (AvgIpc) is 3.13. The number of carbonyl (C=O) groups is 1. The van der Waals surface area contributed by atoms with Gasteiger partial charge in [-0.15, -0.1) is 0 Å². The number of hydrogen-bond acceptors (Lipinski definition) is 6. The molecule has 2 aromatic carbocycles. The summed E-state index contributed by atoms with van der Waals surface area (Å²) in [5.74, 6) is 0.257. The third-order valence-corrected chi connectivity index (χ3v) is 5.58. The fourth-order valence-electron chi connectivity index (χ4n) is 3.12. The maximum Gasteiger partial charge on any atom is 0.308 e. The molecular formula is C21H18N2O4S. The first-order chi connectivity index (χ1) is 13.4. The number of methoxy groups -OCH3 is 1. The molecule has 4 aromatic rings. The number of hydrogen-bond donors (Lipinski definition) is 0. The number of imidazole rings is 1. The van der Waals surface area contributed by atoms with E-state index in [1.807, 2.05) is 26.0 Å². The number of thiazole rings is 1. The molecule has 0 aliphatic heterocycles. The van der Waals surface area contributed by atoms with Crippen LogP contribution in [0.25, 0.3) is 22.1 Å². The highest BCUT2D eigenvalue weighted by Gasteiger charge is 2.15. The van der Waals surface area contributed by atoms with E-state index in [2.05, 4.69) is 4.98 Å². The molecule has 2 heterocycles. The van der Waals surface area contributed by atoms with Gasteiger partial charge in [-0.25, -0.2) is 9.38 Å². The minimum absolute atomic E-state index is 0.151. The first-order valence-electron chi connectivity index (χ1n) is 8.68. The summed E-state index contributed by atoms with van der Waals surface area (Å²) < 4.78 is 12.7. The molecule has 7 heteroatoms. The monoisotopic (exact) mass is 394 g/mol. The Labute approximate surface area is 164 Å². The standard InChI is InChI=1S/C21H18N2O4S/c1-11-8-15-16(9-12(11)2)23-20(25)18(28-21(23)22-15)10-14-6-5-7-17(26-4)19(14)27-13(3)24/h5-10H,1-4H3/b18-10-. The van der Waals surface area contributed by atoms with Crippen molar-refractivity contribution in [3.05, 3.63) is 61.9 Å². The summed E-state index contributed by atoms with van der Waals surface area (Å²) in [4.78, 5) is 29.8. The smallest absolute Gasteiger partial charge is 0.308 e. The second kappa shape index (κ2) is 6.76. The molecule has 0 atom stereocenters. The zero-order valence-electron chi connectivity index (χ0n) is 15.9. The van der Waals surface area contributed by atoms with Crippen LogP contribution in [-0.4, -0.2) is 22.5 Å². The predicted molar refractivity (Wildman–Crippen MR) is 109 cm³/mol. The number of ether oxygens (including phenoxy) is 2. The Balaban J connectivity index is 1.97. The van der Waals surface area contributed by atoms with Crippen molar-refractivity contribution in [1.29, 1.82) is 0 Å². The molecule has 6 nitrogen and oxygen atoms in total. The lowest BCUT2D eigenvalue weighted by Crippen LogP contribution is -2.22. The zero-order chi connectivity index (χ0) is 20.0. The van der Waals surface area contributed by atoms with Gasteiger partial charge in [-0.2, -0.15) is 0 Å². The Kier molecular flexibility index (Phi) is 4.39. The Morgan fingerprint density at radius 2 is 1.96 bits per heavy atom. The number of aryl methyl sites for hydroxylation is 2. The van der Waals surface area contributed by atoms with Crippen LogP contribution in [0, 0.1) is 13.8 Å². The molecule has 0 bridgehead atoms. The first-order valence-corrected chi connectivity index (χ1v) is 9.50. The summed E-state index contributed by atoms with van der Waals surface area (Å²) in [6.07, 6.45) is 1.70. The Morgan fingerprint density at radius 3 is 2.68 bits per heavy atom. The maximum atomic E-state index is 13.1. The van der Waals surface area contributed by atoms with Gasteiger partial charge in [0.05, 0.1) is 22.7 Å². The molecule has 0 spiro atoms. The van der Waals surface area contributed by atoms with Gasteiger partial charge in [-0.3, -0.25) is 9.59 Å². The largest absolute Gasteiger partial charge is 0.493 e. The molecule has 0 unspecified atom stereocenters. The van der Waals surface area contributed by atoms with Crippen molar-refractivity contribution < 1.29 is 14.3 Å². The van der Waals surface area contributed by atoms with Gasteiger partial charge in [0.1, 0.15) is 0 Å². The number of benzene rings is 2. The number of nitrogens with zero attached hydrogens (tertiary/aromatic N) is 2. The Bertz CT molecular complexity index is 1350. The van der Waals surface area contributed by atoms with Crippen LogP contribution in [0.1, 0.15) is 23.6 Å². The summed E-state index contributed by atoms with van der Waals surface area (Å²) in [7, 11) is 1.50. The molecular weight excluding hydrogens is 376 g/mol. The van der Waals surface area contributed by atoms with Crippen LogP contribution in [0.4, 0.5) is 0 Å². The summed E-state index contributed by atoms with van der Waals surface area (Å²) in [6.45, 7) is 5.36. The van der Waals surface area contributed by atoms with Gasteiger partial charge in [-0.05, 0) is 49.2 Å². The van der Waals surface area contributed by atoms with Gasteiger partial charge >= 0.3 is 5.97 Å². The van der Waals surface area contributed by atoms with E-state index in [0.717, 1.165) is 22.2 Å². The number of esters is 1. The lowest BCUT2D eigenvalue weighted by atomic mass is 10.1. The van der Waals surface area contributed by atoms with Crippen LogP contribution in [-0.2, 0) is 4.79 Å². The topological polar surface area (TPSA) is 69.9 Å². The lowest BCUT2D eigenvalue weighted by Gasteiger charge is -2.10. The Morgan fingerprint density at radius 1 is 1.21 bits per heavy atom. The van der Waals surface area contributed by atoms with Gasteiger partial charge in [0.15, 0.2) is 16.5 Å². The van der Waals surface area contributed by atoms with Crippen LogP contribution in [0.2, 0.25) is 0 Å². The fourth-order valence-corrected chi connectivity index (χ4v) is 4.10. The van der Waals surface area contributed by atoms with E-state index in [4.69, 9.17) is 9.47 Å². The third-order valence-electron chi connectivity index (χ3n) is 4.62. The van der Waals surface area contributed by atoms with E-state index in [9.17, 15) is 9.59 Å². The minimum Gasteiger partial charge on any atom is -0.493 e. The number of aromatic nitrogens is 2. The normalized spacial score (nSPS) is 12.1. The molecule has 0 saturated carbocycles. The van der Waals surface area contributed by atoms with Crippen LogP contribution in [0.3, 0.4) is 0 Å². The SMILES string of the molecule is COc1cccc(/C=c2\sc3nc4cc(C)c(C)cc4n3c2=O)c1OC(C)=O. The van der Waals surface area contributed by atoms with Crippen LogP contribution in [0.5, 0.6) is 11.5 Å². The van der Waals surface area contributed by atoms with Crippen LogP contribution < -0.4 is 19.6 Å². The van der Waals surface area contributed by atoms with Crippen molar-refractivity contribution in [3.63, 3.8) is 0 Å². The van der Waals surface area contributed by atoms with Crippen molar-refractivity contribution in [3.8, 4) is 11.5 Å². The second-order valence-corrected chi connectivity index (χ2v) is 7.55. The van der Waals surface area contributed by atoms with Crippen molar-refractivity contribution in [2.45, 2.75) is 20.8 Å². The molecule has 28 heavy (non-hydrogen) atoms. The summed E-state index contributed by atoms with van der Waals surface area (Å²) in [6, 6.07) is 9.23. The quantitative estimate of drug-likeness (QED) is 0.395. The van der Waals surface area contributed by atoms with E-state index in [1.54, 1.807) is 28.7 Å². The van der Waals surface area contributed by atoms with E-state index in [-0.39, 0.29) is 5.56 Å². The maximum absolute atomic E-state index is 13.1. The molecule has 2 aromatic heterocycles. The highest BCUT2D eigenvalue weighted by Crippen LogP contribution is 2.31. The summed E-state index contributed by atoms with van der Waals surface area (Å²) >= 11 is 1.30. The third kappa shape index (κ3) is 2.93. The molecule has 142 valence electrons. The van der Waals surface area contributed by atoms with Gasteiger partial charge in [0, 0.05) is 12.5 Å². The number of carbonyl (C=O) groups excluding carboxylic acids is 1. The molecule has 0 N–H and O–H groups in total. The van der Waals surface area contributed by atoms with Crippen LogP contribution in [0.15, 0.2) is 35.1 Å². The minimum atomic E-state index is -0.459. The summed E-state index contributed by atoms with van der Waals surface area (Å²) in [5.41, 5.74) is 4.29. The van der Waals surface area contributed by atoms with E-state index in [0.29, 0.717) is 26.6 Å².